The van der Waals surface area contributed by atoms with Crippen LogP contribution >= 0.6 is 0 Å². The largest absolute Gasteiger partial charge is 0.504 e. The van der Waals surface area contributed by atoms with Gasteiger partial charge in [0, 0.05) is 18.7 Å². The molecule has 3 heterocycles. The molecule has 5 rings (SSSR count). The average Bonchev–Trinajstić information content (AvgIpc) is 3.20. The fourth-order valence-electron chi connectivity index (χ4n) is 3.86. The summed E-state index contributed by atoms with van der Waals surface area (Å²) in [5, 5.41) is 17.3. The number of aromatic nitrogens is 4. The first-order valence-corrected chi connectivity index (χ1v) is 9.83. The van der Waals surface area contributed by atoms with Crippen molar-refractivity contribution in [1.82, 2.24) is 19.3 Å². The molecule has 29 heavy (non-hydrogen) atoms. The molecule has 7 nitrogen and oxygen atoms in total. The maximum Gasteiger partial charge on any atom is 0.280 e. The fraction of sp³-hybridized carbons (Fsp3) is 0.227. The maximum atomic E-state index is 12.7. The molecular formula is C22H21N5O2. The highest BCUT2D eigenvalue weighted by molar-refractivity contribution is 6.05. The molecule has 0 radical (unpaired) electrons. The van der Waals surface area contributed by atoms with Crippen molar-refractivity contribution in [3.8, 4) is 11.4 Å². The van der Waals surface area contributed by atoms with Gasteiger partial charge in [0.1, 0.15) is 5.82 Å². The topological polar surface area (TPSA) is 85.0 Å². The van der Waals surface area contributed by atoms with Crippen LogP contribution in [0.25, 0.3) is 16.7 Å². The third-order valence-corrected chi connectivity index (χ3v) is 5.30. The minimum atomic E-state index is -0.461. The second-order valence-corrected chi connectivity index (χ2v) is 7.29. The van der Waals surface area contributed by atoms with Crippen LogP contribution < -0.4 is 5.32 Å². The van der Waals surface area contributed by atoms with Gasteiger partial charge >= 0.3 is 0 Å². The number of amides is 1. The van der Waals surface area contributed by atoms with E-state index in [9.17, 15) is 9.90 Å². The Morgan fingerprint density at radius 3 is 2.79 bits per heavy atom. The van der Waals surface area contributed by atoms with E-state index in [-0.39, 0.29) is 11.4 Å². The van der Waals surface area contributed by atoms with Crippen molar-refractivity contribution in [2.24, 2.45) is 0 Å². The Balaban J connectivity index is 1.41. The smallest absolute Gasteiger partial charge is 0.280 e. The zero-order valence-electron chi connectivity index (χ0n) is 15.9. The molecule has 2 N–H and O–H groups in total. The Morgan fingerprint density at radius 1 is 1.07 bits per heavy atom. The standard InChI is InChI=1S/C22H21N5O2/c28-19-14-27(16-7-3-1-4-8-16)25-21(19)22(29)23-15-10-11-18-17(13-15)24-20-9-5-2-6-12-26(18)20/h1,3-4,7-8,10-11,13-14,28H,2,5-6,9,12H2,(H,23,29). The van der Waals surface area contributed by atoms with Crippen molar-refractivity contribution in [2.45, 2.75) is 32.2 Å². The highest BCUT2D eigenvalue weighted by Gasteiger charge is 2.18. The zero-order chi connectivity index (χ0) is 19.8. The SMILES string of the molecule is O=C(Nc1ccc2c(c1)nc1n2CCCCC1)c1nn(-c2ccccc2)cc1O. The number of anilines is 1. The molecule has 1 aliphatic heterocycles. The average molecular weight is 387 g/mol. The molecule has 0 aliphatic carbocycles. The van der Waals surface area contributed by atoms with Gasteiger partial charge in [-0.1, -0.05) is 24.6 Å². The lowest BCUT2D eigenvalue weighted by Gasteiger charge is -2.06. The van der Waals surface area contributed by atoms with E-state index in [0.717, 1.165) is 41.9 Å². The number of aryl methyl sites for hydroxylation is 2. The van der Waals surface area contributed by atoms with Crippen molar-refractivity contribution in [3.05, 3.63) is 66.2 Å². The van der Waals surface area contributed by atoms with Gasteiger partial charge in [-0.25, -0.2) is 9.67 Å². The first kappa shape index (κ1) is 17.5. The number of nitrogens with one attached hydrogen (secondary N) is 1. The van der Waals surface area contributed by atoms with Crippen LogP contribution in [0.1, 0.15) is 35.6 Å². The van der Waals surface area contributed by atoms with Crippen LogP contribution in [0.5, 0.6) is 5.75 Å². The van der Waals surface area contributed by atoms with Crippen molar-refractivity contribution >= 4 is 22.6 Å². The van der Waals surface area contributed by atoms with Crippen LogP contribution in [-0.4, -0.2) is 30.3 Å². The molecule has 146 valence electrons. The van der Waals surface area contributed by atoms with Gasteiger partial charge in [-0.15, -0.1) is 0 Å². The van der Waals surface area contributed by atoms with Crippen molar-refractivity contribution < 1.29 is 9.90 Å². The molecule has 0 spiro atoms. The minimum Gasteiger partial charge on any atom is -0.504 e. The Labute approximate surface area is 167 Å². The molecule has 0 saturated carbocycles. The van der Waals surface area contributed by atoms with E-state index in [1.54, 1.807) is 0 Å². The number of carbonyl (C=O) groups excluding carboxylic acids is 1. The first-order chi connectivity index (χ1) is 14.2. The number of aromatic hydroxyl groups is 1. The highest BCUT2D eigenvalue weighted by atomic mass is 16.3. The van der Waals surface area contributed by atoms with E-state index in [1.807, 2.05) is 48.5 Å². The number of hydrogen-bond acceptors (Lipinski definition) is 4. The lowest BCUT2D eigenvalue weighted by atomic mass is 10.2. The van der Waals surface area contributed by atoms with Crippen LogP contribution in [0.3, 0.4) is 0 Å². The van der Waals surface area contributed by atoms with E-state index in [4.69, 9.17) is 4.98 Å². The Kier molecular flexibility index (Phi) is 4.27. The number of hydrogen-bond donors (Lipinski definition) is 2. The molecular weight excluding hydrogens is 366 g/mol. The summed E-state index contributed by atoms with van der Waals surface area (Å²) in [5.74, 6) is 0.485. The summed E-state index contributed by atoms with van der Waals surface area (Å²) in [6.45, 7) is 0.988. The summed E-state index contributed by atoms with van der Waals surface area (Å²) in [5.41, 5.74) is 3.34. The fourth-order valence-corrected chi connectivity index (χ4v) is 3.86. The lowest BCUT2D eigenvalue weighted by molar-refractivity contribution is 0.101. The lowest BCUT2D eigenvalue weighted by Crippen LogP contribution is -2.13. The molecule has 2 aromatic heterocycles. The predicted molar refractivity (Wildman–Crippen MR) is 110 cm³/mol. The van der Waals surface area contributed by atoms with Gasteiger partial charge in [0.15, 0.2) is 11.4 Å². The van der Waals surface area contributed by atoms with Gasteiger partial charge in [-0.05, 0) is 43.2 Å². The Bertz CT molecular complexity index is 1190. The van der Waals surface area contributed by atoms with E-state index in [1.165, 1.54) is 23.7 Å². The van der Waals surface area contributed by atoms with E-state index >= 15 is 0 Å². The summed E-state index contributed by atoms with van der Waals surface area (Å²) in [6, 6.07) is 15.1. The summed E-state index contributed by atoms with van der Waals surface area (Å²) in [6.07, 6.45) is 5.98. The van der Waals surface area contributed by atoms with E-state index in [0.29, 0.717) is 5.69 Å². The molecule has 4 aromatic rings. The Morgan fingerprint density at radius 2 is 1.93 bits per heavy atom. The summed E-state index contributed by atoms with van der Waals surface area (Å²) >= 11 is 0. The molecule has 7 heteroatoms. The highest BCUT2D eigenvalue weighted by Crippen LogP contribution is 2.25. The third-order valence-electron chi connectivity index (χ3n) is 5.30. The van der Waals surface area contributed by atoms with Gasteiger partial charge < -0.3 is 15.0 Å². The van der Waals surface area contributed by atoms with Crippen LogP contribution in [0, 0.1) is 0 Å². The number of imidazole rings is 1. The molecule has 0 fully saturated rings. The van der Waals surface area contributed by atoms with E-state index < -0.39 is 5.91 Å². The summed E-state index contributed by atoms with van der Waals surface area (Å²) < 4.78 is 3.77. The van der Waals surface area contributed by atoms with Gasteiger partial charge in [-0.2, -0.15) is 5.10 Å². The molecule has 2 aromatic carbocycles. The zero-order valence-corrected chi connectivity index (χ0v) is 15.9. The summed E-state index contributed by atoms with van der Waals surface area (Å²) in [7, 11) is 0. The number of fused-ring (bicyclic) bond motifs is 3. The van der Waals surface area contributed by atoms with Crippen LogP contribution in [0.2, 0.25) is 0 Å². The minimum absolute atomic E-state index is 0.0189. The quantitative estimate of drug-likeness (QED) is 0.558. The van der Waals surface area contributed by atoms with Gasteiger partial charge in [-0.3, -0.25) is 4.79 Å². The first-order valence-electron chi connectivity index (χ1n) is 9.83. The van der Waals surface area contributed by atoms with Crippen LogP contribution in [0.4, 0.5) is 5.69 Å². The predicted octanol–water partition coefficient (Wildman–Crippen LogP) is 3.91. The molecule has 1 amide bonds. The van der Waals surface area contributed by atoms with Gasteiger partial charge in [0.05, 0.1) is 22.9 Å². The molecule has 1 aliphatic rings. The molecule has 0 bridgehead atoms. The second-order valence-electron chi connectivity index (χ2n) is 7.29. The molecule has 0 atom stereocenters. The Hall–Kier alpha value is -3.61. The third kappa shape index (κ3) is 3.24. The van der Waals surface area contributed by atoms with Gasteiger partial charge in [0.2, 0.25) is 0 Å². The van der Waals surface area contributed by atoms with Crippen molar-refractivity contribution in [3.63, 3.8) is 0 Å². The number of carbonyl (C=O) groups is 1. The van der Waals surface area contributed by atoms with Crippen molar-refractivity contribution in [1.29, 1.82) is 0 Å². The van der Waals surface area contributed by atoms with Crippen LogP contribution in [-0.2, 0) is 13.0 Å². The number of rotatable bonds is 3. The summed E-state index contributed by atoms with van der Waals surface area (Å²) in [4.78, 5) is 17.4. The molecule has 0 saturated heterocycles. The monoisotopic (exact) mass is 387 g/mol. The second kappa shape index (κ2) is 7.09. The number of nitrogens with zero attached hydrogens (tertiary/aromatic N) is 4. The van der Waals surface area contributed by atoms with Crippen molar-refractivity contribution in [2.75, 3.05) is 5.32 Å². The normalized spacial score (nSPS) is 13.8. The van der Waals surface area contributed by atoms with Gasteiger partial charge in [0.25, 0.3) is 5.91 Å². The number of para-hydroxylation sites is 1. The van der Waals surface area contributed by atoms with E-state index in [2.05, 4.69) is 15.0 Å². The number of benzene rings is 2. The maximum absolute atomic E-state index is 12.7. The molecule has 0 unspecified atom stereocenters. The van der Waals surface area contributed by atoms with Crippen LogP contribution in [0.15, 0.2) is 54.7 Å².